The average molecular weight is 380 g/mol. The molecular weight excluding hydrogens is 356 g/mol. The molecule has 0 aliphatic heterocycles. The van der Waals surface area contributed by atoms with Gasteiger partial charge in [-0.2, -0.15) is 0 Å². The number of ether oxygens (including phenoxy) is 1. The van der Waals surface area contributed by atoms with E-state index in [9.17, 15) is 19.7 Å². The van der Waals surface area contributed by atoms with Gasteiger partial charge in [0.2, 0.25) is 0 Å². The average Bonchev–Trinajstić information content (AvgIpc) is 2.62. The zero-order chi connectivity index (χ0) is 19.3. The topological polar surface area (TPSA) is 98.5 Å². The summed E-state index contributed by atoms with van der Waals surface area (Å²) in [5.41, 5.74) is -0.475. The Morgan fingerprint density at radius 3 is 2.73 bits per heavy atom. The molecule has 1 amide bonds. The van der Waals surface area contributed by atoms with Crippen molar-refractivity contribution in [2.75, 3.05) is 12.9 Å². The van der Waals surface area contributed by atoms with Gasteiger partial charge in [-0.1, -0.05) is 26.7 Å². The second-order valence-corrected chi connectivity index (χ2v) is 7.54. The van der Waals surface area contributed by atoms with Gasteiger partial charge in [0, 0.05) is 17.0 Å². The van der Waals surface area contributed by atoms with Gasteiger partial charge in [-0.3, -0.25) is 14.9 Å². The van der Waals surface area contributed by atoms with Crippen LogP contribution in [-0.2, 0) is 9.53 Å². The molecule has 2 rings (SSSR count). The minimum Gasteiger partial charge on any atom is -0.452 e. The van der Waals surface area contributed by atoms with Crippen LogP contribution >= 0.6 is 11.8 Å². The number of thioether (sulfide) groups is 1. The van der Waals surface area contributed by atoms with Gasteiger partial charge in [0.05, 0.1) is 4.92 Å². The fraction of sp³-hybridized carbons (Fsp3) is 0.556. The maximum atomic E-state index is 12.2. The van der Waals surface area contributed by atoms with Gasteiger partial charge in [-0.25, -0.2) is 4.79 Å². The molecule has 0 spiro atoms. The Balaban J connectivity index is 1.98. The van der Waals surface area contributed by atoms with E-state index in [0.29, 0.717) is 16.7 Å². The number of nitrogens with one attached hydrogen (secondary N) is 1. The highest BCUT2D eigenvalue weighted by atomic mass is 32.2. The summed E-state index contributed by atoms with van der Waals surface area (Å²) < 4.78 is 5.02. The van der Waals surface area contributed by atoms with Crippen LogP contribution in [0, 0.1) is 22.0 Å². The first kappa shape index (κ1) is 20.2. The first-order chi connectivity index (χ1) is 12.3. The van der Waals surface area contributed by atoms with Crippen molar-refractivity contribution in [3.05, 3.63) is 33.9 Å². The summed E-state index contributed by atoms with van der Waals surface area (Å²) in [4.78, 5) is 35.5. The smallest absolute Gasteiger partial charge is 0.345 e. The maximum absolute atomic E-state index is 12.2. The van der Waals surface area contributed by atoms with Crippen molar-refractivity contribution in [3.63, 3.8) is 0 Å². The van der Waals surface area contributed by atoms with Crippen LogP contribution in [0.4, 0.5) is 5.69 Å². The zero-order valence-electron chi connectivity index (χ0n) is 15.2. The highest BCUT2D eigenvalue weighted by Gasteiger charge is 2.29. The number of esters is 1. The molecule has 3 atom stereocenters. The van der Waals surface area contributed by atoms with Gasteiger partial charge in [0.25, 0.3) is 11.6 Å². The fourth-order valence-electron chi connectivity index (χ4n) is 3.21. The molecule has 0 saturated heterocycles. The molecule has 8 heteroatoms. The van der Waals surface area contributed by atoms with Crippen LogP contribution in [0.5, 0.6) is 0 Å². The molecule has 1 aromatic carbocycles. The van der Waals surface area contributed by atoms with Crippen LogP contribution in [0.25, 0.3) is 0 Å². The number of benzene rings is 1. The summed E-state index contributed by atoms with van der Waals surface area (Å²) in [7, 11) is 0. The summed E-state index contributed by atoms with van der Waals surface area (Å²) >= 11 is 1.36. The quantitative estimate of drug-likeness (QED) is 0.351. The molecule has 1 aliphatic carbocycles. The van der Waals surface area contributed by atoms with Gasteiger partial charge in [0.15, 0.2) is 6.61 Å². The van der Waals surface area contributed by atoms with Crippen molar-refractivity contribution >= 4 is 29.3 Å². The molecule has 0 heterocycles. The molecule has 1 N–H and O–H groups in total. The van der Waals surface area contributed by atoms with Crippen LogP contribution < -0.4 is 5.32 Å². The Labute approximate surface area is 157 Å². The lowest BCUT2D eigenvalue weighted by atomic mass is 9.78. The van der Waals surface area contributed by atoms with E-state index in [1.807, 2.05) is 0 Å². The molecule has 26 heavy (non-hydrogen) atoms. The first-order valence-corrected chi connectivity index (χ1v) is 9.85. The number of nitro benzene ring substituents is 1. The van der Waals surface area contributed by atoms with Crippen molar-refractivity contribution < 1.29 is 19.2 Å². The van der Waals surface area contributed by atoms with Crippen molar-refractivity contribution in [1.82, 2.24) is 5.32 Å². The third-order valence-corrected chi connectivity index (χ3v) is 5.73. The van der Waals surface area contributed by atoms with Gasteiger partial charge in [-0.15, -0.1) is 11.8 Å². The summed E-state index contributed by atoms with van der Waals surface area (Å²) in [6.07, 6.45) is 4.92. The number of carbonyl (C=O) groups excluding carboxylic acids is 2. The lowest BCUT2D eigenvalue weighted by Gasteiger charge is -2.34. The van der Waals surface area contributed by atoms with Gasteiger partial charge >= 0.3 is 5.97 Å². The number of rotatable bonds is 6. The molecule has 0 aromatic heterocycles. The molecule has 0 radical (unpaired) electrons. The van der Waals surface area contributed by atoms with Crippen LogP contribution in [0.3, 0.4) is 0 Å². The Morgan fingerprint density at radius 2 is 2.08 bits per heavy atom. The predicted octanol–water partition coefficient (Wildman–Crippen LogP) is 3.41. The Morgan fingerprint density at radius 1 is 1.35 bits per heavy atom. The summed E-state index contributed by atoms with van der Waals surface area (Å²) in [6.45, 7) is 3.83. The van der Waals surface area contributed by atoms with E-state index in [0.717, 1.165) is 19.3 Å². The zero-order valence-corrected chi connectivity index (χ0v) is 16.0. The van der Waals surface area contributed by atoms with Crippen molar-refractivity contribution in [3.8, 4) is 0 Å². The normalized spacial score (nSPS) is 22.5. The second kappa shape index (κ2) is 9.02. The molecule has 0 bridgehead atoms. The number of nitrogens with zero attached hydrogens (tertiary/aromatic N) is 1. The monoisotopic (exact) mass is 380 g/mol. The van der Waals surface area contributed by atoms with Gasteiger partial charge in [-0.05, 0) is 36.6 Å². The molecule has 1 saturated carbocycles. The Hall–Kier alpha value is -2.09. The molecular formula is C18H24N2O5S. The highest BCUT2D eigenvalue weighted by Crippen LogP contribution is 2.29. The predicted molar refractivity (Wildman–Crippen MR) is 99.3 cm³/mol. The van der Waals surface area contributed by atoms with Crippen molar-refractivity contribution in [2.45, 2.75) is 44.0 Å². The summed E-state index contributed by atoms with van der Waals surface area (Å²) in [5, 5.41) is 14.0. The summed E-state index contributed by atoms with van der Waals surface area (Å²) in [5.74, 6) is -0.350. The van der Waals surface area contributed by atoms with E-state index in [-0.39, 0.29) is 23.2 Å². The van der Waals surface area contributed by atoms with E-state index in [4.69, 9.17) is 4.74 Å². The number of hydrogen-bond donors (Lipinski definition) is 1. The first-order valence-electron chi connectivity index (χ1n) is 8.62. The molecule has 1 aliphatic rings. The highest BCUT2D eigenvalue weighted by molar-refractivity contribution is 7.98. The lowest BCUT2D eigenvalue weighted by molar-refractivity contribution is -0.385. The van der Waals surface area contributed by atoms with Crippen molar-refractivity contribution in [2.24, 2.45) is 11.8 Å². The van der Waals surface area contributed by atoms with E-state index in [1.165, 1.54) is 23.9 Å². The maximum Gasteiger partial charge on any atom is 0.345 e. The van der Waals surface area contributed by atoms with E-state index in [1.54, 1.807) is 12.3 Å². The number of amides is 1. The molecule has 3 unspecified atom stereocenters. The third-order valence-electron chi connectivity index (χ3n) is 5.01. The van der Waals surface area contributed by atoms with Crippen LogP contribution in [0.1, 0.15) is 43.5 Å². The molecule has 142 valence electrons. The van der Waals surface area contributed by atoms with Crippen LogP contribution in [0.15, 0.2) is 23.1 Å². The van der Waals surface area contributed by atoms with Gasteiger partial charge in [0.1, 0.15) is 5.56 Å². The Kier molecular flexibility index (Phi) is 7.02. The van der Waals surface area contributed by atoms with Crippen molar-refractivity contribution in [1.29, 1.82) is 0 Å². The second-order valence-electron chi connectivity index (χ2n) is 6.66. The molecule has 7 nitrogen and oxygen atoms in total. The Bertz CT molecular complexity index is 694. The van der Waals surface area contributed by atoms with Gasteiger partial charge < -0.3 is 10.1 Å². The SMILES string of the molecule is CSc1ccc([N+](=O)[O-])c(C(=O)OCC(=O)NC2CCCC(C)C2C)c1. The summed E-state index contributed by atoms with van der Waals surface area (Å²) in [6, 6.07) is 4.32. The fourth-order valence-corrected chi connectivity index (χ4v) is 3.65. The van der Waals surface area contributed by atoms with Crippen LogP contribution in [-0.4, -0.2) is 35.7 Å². The van der Waals surface area contributed by atoms with E-state index < -0.39 is 17.5 Å². The van der Waals surface area contributed by atoms with E-state index >= 15 is 0 Å². The number of carbonyl (C=O) groups is 2. The minimum atomic E-state index is -0.868. The number of hydrogen-bond acceptors (Lipinski definition) is 6. The van der Waals surface area contributed by atoms with Crippen LogP contribution in [0.2, 0.25) is 0 Å². The largest absolute Gasteiger partial charge is 0.452 e. The third kappa shape index (κ3) is 4.97. The minimum absolute atomic E-state index is 0.0686. The molecule has 1 aromatic rings. The molecule has 1 fully saturated rings. The van der Waals surface area contributed by atoms with E-state index in [2.05, 4.69) is 19.2 Å². The number of nitro groups is 1. The lowest BCUT2D eigenvalue weighted by Crippen LogP contribution is -2.45. The standard InChI is InChI=1S/C18H24N2O5S/c1-11-5-4-6-15(12(11)2)19-17(21)10-25-18(22)14-9-13(26-3)7-8-16(14)20(23)24/h7-9,11-12,15H,4-6,10H2,1-3H3,(H,19,21).